The number of anilines is 2. The molecular weight excluding hydrogens is 838 g/mol. The van der Waals surface area contributed by atoms with E-state index in [0.717, 1.165) is 69.2 Å². The van der Waals surface area contributed by atoms with Crippen LogP contribution in [0.1, 0.15) is 118 Å². The Balaban J connectivity index is 0.000000180. The molecule has 2 heterocycles. The summed E-state index contributed by atoms with van der Waals surface area (Å²) in [6.07, 6.45) is 18.8. The van der Waals surface area contributed by atoms with Crippen LogP contribution in [-0.2, 0) is 16.8 Å². The molecule has 9 rings (SSSR count). The molecule has 0 unspecified atom stereocenters. The van der Waals surface area contributed by atoms with Crippen molar-refractivity contribution in [2.24, 2.45) is 0 Å². The first-order valence-electron chi connectivity index (χ1n) is 24.9. The van der Waals surface area contributed by atoms with Crippen molar-refractivity contribution >= 4 is 34.8 Å². The van der Waals surface area contributed by atoms with Crippen LogP contribution in [0.3, 0.4) is 0 Å². The second kappa shape index (κ2) is 23.5. The Morgan fingerprint density at radius 2 is 1.11 bits per heavy atom. The van der Waals surface area contributed by atoms with Gasteiger partial charge in [0.15, 0.2) is 6.61 Å². The minimum Gasteiger partial charge on any atom is -0.484 e. The first kappa shape index (κ1) is 47.3. The summed E-state index contributed by atoms with van der Waals surface area (Å²) in [7, 11) is 0. The molecule has 0 spiro atoms. The minimum absolute atomic E-state index is 0.00853. The number of hydrogen-bond acceptors (Lipinski definition) is 6. The van der Waals surface area contributed by atoms with Gasteiger partial charge in [-0.15, -0.1) is 0 Å². The molecule has 2 saturated heterocycles. The summed E-state index contributed by atoms with van der Waals surface area (Å²) in [6.45, 7) is 4.83. The van der Waals surface area contributed by atoms with Gasteiger partial charge in [-0.25, -0.2) is 0 Å². The van der Waals surface area contributed by atoms with Crippen molar-refractivity contribution in [2.45, 2.75) is 126 Å². The van der Waals surface area contributed by atoms with Gasteiger partial charge in [0.2, 0.25) is 0 Å². The van der Waals surface area contributed by atoms with Gasteiger partial charge < -0.3 is 20.7 Å². The summed E-state index contributed by atoms with van der Waals surface area (Å²) in [5.74, 6) is 0.626. The molecule has 2 aliphatic carbocycles. The SMILES string of the molecule is O=C(COc1ccc(Cl)cc1)NC1CCC(Cc2ccccc2)(N2CCCCCC2)CC1.O=C(NC1CCC(c2ccccc2)(N2CCCCC2)CC1)c1ccccc1Nc1ccccc1. The zero-order chi connectivity index (χ0) is 45.4. The Hall–Kier alpha value is -5.15. The average Bonchev–Trinajstić information content (AvgIpc) is 3.67. The highest BCUT2D eigenvalue weighted by Gasteiger charge is 2.43. The standard InChI is InChI=1S/C30H35N3O.C27H35ClN2O2/c34-29(27-16-8-9-17-28(27)31-25-14-6-2-7-15-25)32-26-18-20-30(21-19-26,24-12-4-1-5-13-24)33-22-10-3-11-23-33;28-23-10-12-25(13-11-23)32-21-26(31)29-24-14-16-27(17-15-24,20-22-8-4-3-5-9-22)30-18-6-1-2-7-19-30/h1-2,4-9,12-17,26,31H,3,10-11,18-23H2,(H,32,34);3-5,8-13,24H,1-2,6-7,14-21H2,(H,29,31). The number of ether oxygens (including phenoxy) is 1. The largest absolute Gasteiger partial charge is 0.484 e. The van der Waals surface area contributed by atoms with E-state index in [1.165, 1.54) is 82.3 Å². The van der Waals surface area contributed by atoms with Crippen LogP contribution in [0, 0.1) is 0 Å². The van der Waals surface area contributed by atoms with Gasteiger partial charge in [0, 0.05) is 33.9 Å². The van der Waals surface area contributed by atoms with Gasteiger partial charge in [-0.2, -0.15) is 0 Å². The Kier molecular flexibility index (Phi) is 16.9. The summed E-state index contributed by atoms with van der Waals surface area (Å²) in [6, 6.07) is 47.3. The van der Waals surface area contributed by atoms with E-state index in [0.29, 0.717) is 16.3 Å². The maximum Gasteiger partial charge on any atom is 0.258 e. The number of likely N-dealkylation sites (tertiary alicyclic amines) is 2. The van der Waals surface area contributed by atoms with E-state index in [-0.39, 0.29) is 41.6 Å². The summed E-state index contributed by atoms with van der Waals surface area (Å²) in [4.78, 5) is 31.3. The highest BCUT2D eigenvalue weighted by molar-refractivity contribution is 6.30. The summed E-state index contributed by atoms with van der Waals surface area (Å²) < 4.78 is 5.61. The zero-order valence-electron chi connectivity index (χ0n) is 38.8. The molecule has 8 nitrogen and oxygen atoms in total. The van der Waals surface area contributed by atoms with E-state index >= 15 is 0 Å². The number of nitrogens with one attached hydrogen (secondary N) is 3. The quantitative estimate of drug-likeness (QED) is 0.109. The molecule has 3 N–H and O–H groups in total. The molecule has 9 heteroatoms. The van der Waals surface area contributed by atoms with Crippen molar-refractivity contribution in [3.63, 3.8) is 0 Å². The van der Waals surface area contributed by atoms with Crippen LogP contribution in [0.2, 0.25) is 5.02 Å². The van der Waals surface area contributed by atoms with E-state index in [9.17, 15) is 9.59 Å². The van der Waals surface area contributed by atoms with Gasteiger partial charge in [0.25, 0.3) is 11.8 Å². The fourth-order valence-corrected chi connectivity index (χ4v) is 11.3. The third-order valence-corrected chi connectivity index (χ3v) is 15.0. The molecule has 2 amide bonds. The molecule has 0 bridgehead atoms. The number of hydrogen-bond donors (Lipinski definition) is 3. The summed E-state index contributed by atoms with van der Waals surface area (Å²) in [5, 5.41) is 10.6. The Bertz CT molecular complexity index is 2230. The maximum absolute atomic E-state index is 13.3. The number of amides is 2. The highest BCUT2D eigenvalue weighted by atomic mass is 35.5. The monoisotopic (exact) mass is 908 g/mol. The molecule has 5 aromatic carbocycles. The predicted molar refractivity (Wildman–Crippen MR) is 270 cm³/mol. The lowest BCUT2D eigenvalue weighted by Crippen LogP contribution is -2.55. The van der Waals surface area contributed by atoms with Crippen molar-refractivity contribution in [1.82, 2.24) is 20.4 Å². The molecule has 2 aliphatic heterocycles. The first-order chi connectivity index (χ1) is 32.4. The molecule has 4 aliphatic rings. The molecular formula is C57H70ClN5O3. The molecule has 4 fully saturated rings. The van der Waals surface area contributed by atoms with Crippen LogP contribution in [0.25, 0.3) is 0 Å². The third-order valence-electron chi connectivity index (χ3n) is 14.8. The van der Waals surface area contributed by atoms with Gasteiger partial charge >= 0.3 is 0 Å². The van der Waals surface area contributed by atoms with Gasteiger partial charge in [-0.3, -0.25) is 19.4 Å². The van der Waals surface area contributed by atoms with Crippen molar-refractivity contribution in [2.75, 3.05) is 38.1 Å². The van der Waals surface area contributed by atoms with Gasteiger partial charge in [-0.1, -0.05) is 122 Å². The van der Waals surface area contributed by atoms with Crippen LogP contribution in [-0.4, -0.2) is 72.0 Å². The fraction of sp³-hybridized carbons (Fsp3) is 0.439. The first-order valence-corrected chi connectivity index (χ1v) is 25.2. The number of para-hydroxylation sites is 2. The van der Waals surface area contributed by atoms with Crippen molar-refractivity contribution in [3.05, 3.63) is 161 Å². The Morgan fingerprint density at radius 3 is 1.76 bits per heavy atom. The second-order valence-electron chi connectivity index (χ2n) is 19.1. The number of rotatable bonds is 13. The summed E-state index contributed by atoms with van der Waals surface area (Å²) >= 11 is 5.90. The minimum atomic E-state index is -0.0460. The van der Waals surface area contributed by atoms with E-state index < -0.39 is 0 Å². The van der Waals surface area contributed by atoms with Crippen LogP contribution in [0.15, 0.2) is 140 Å². The van der Waals surface area contributed by atoms with Gasteiger partial charge in [-0.05, 0) is 169 Å². The van der Waals surface area contributed by atoms with Crippen LogP contribution in [0.4, 0.5) is 11.4 Å². The predicted octanol–water partition coefficient (Wildman–Crippen LogP) is 12.1. The Labute approximate surface area is 398 Å². The molecule has 0 radical (unpaired) electrons. The van der Waals surface area contributed by atoms with Gasteiger partial charge in [0.05, 0.1) is 11.3 Å². The van der Waals surface area contributed by atoms with E-state index in [1.54, 1.807) is 24.3 Å². The number of piperidine rings is 1. The van der Waals surface area contributed by atoms with Crippen LogP contribution in [0.5, 0.6) is 5.75 Å². The second-order valence-corrected chi connectivity index (χ2v) is 19.5. The molecule has 0 atom stereocenters. The van der Waals surface area contributed by atoms with Gasteiger partial charge in [0.1, 0.15) is 5.75 Å². The number of halogens is 1. The summed E-state index contributed by atoms with van der Waals surface area (Å²) in [5.41, 5.74) is 5.71. The molecule has 348 valence electrons. The number of benzene rings is 5. The molecule has 0 aromatic heterocycles. The number of nitrogens with zero attached hydrogens (tertiary/aromatic N) is 2. The lowest BCUT2D eigenvalue weighted by atomic mass is 9.73. The average molecular weight is 909 g/mol. The lowest BCUT2D eigenvalue weighted by molar-refractivity contribution is -0.124. The van der Waals surface area contributed by atoms with Crippen LogP contribution < -0.4 is 20.7 Å². The number of carbonyl (C=O) groups is 2. The number of carbonyl (C=O) groups excluding carboxylic acids is 2. The molecule has 66 heavy (non-hydrogen) atoms. The topological polar surface area (TPSA) is 85.9 Å². The maximum atomic E-state index is 13.3. The normalized spacial score (nSPS) is 23.8. The Morgan fingerprint density at radius 1 is 0.576 bits per heavy atom. The zero-order valence-corrected chi connectivity index (χ0v) is 39.5. The molecule has 2 saturated carbocycles. The highest BCUT2D eigenvalue weighted by Crippen LogP contribution is 2.44. The van der Waals surface area contributed by atoms with Crippen molar-refractivity contribution in [3.8, 4) is 5.75 Å². The van der Waals surface area contributed by atoms with Crippen LogP contribution >= 0.6 is 11.6 Å². The van der Waals surface area contributed by atoms with E-state index in [1.807, 2.05) is 54.6 Å². The third kappa shape index (κ3) is 12.6. The lowest BCUT2D eigenvalue weighted by Gasteiger charge is -2.50. The fourth-order valence-electron chi connectivity index (χ4n) is 11.2. The van der Waals surface area contributed by atoms with E-state index in [4.69, 9.17) is 16.3 Å². The van der Waals surface area contributed by atoms with Crippen molar-refractivity contribution in [1.29, 1.82) is 0 Å². The molecule has 5 aromatic rings. The smallest absolute Gasteiger partial charge is 0.258 e. The van der Waals surface area contributed by atoms with E-state index in [2.05, 4.69) is 86.4 Å². The van der Waals surface area contributed by atoms with Crippen molar-refractivity contribution < 1.29 is 14.3 Å².